The molecule has 0 radical (unpaired) electrons. The summed E-state index contributed by atoms with van der Waals surface area (Å²) in [6.07, 6.45) is 5.66. The number of hydrogen-bond donors (Lipinski definition) is 2. The summed E-state index contributed by atoms with van der Waals surface area (Å²) in [7, 11) is 1.78. The molecule has 0 aliphatic heterocycles. The van der Waals surface area contributed by atoms with Crippen LogP contribution in [0.15, 0.2) is 42.9 Å². The van der Waals surface area contributed by atoms with Gasteiger partial charge in [0.05, 0.1) is 6.33 Å². The molecule has 2 N–H and O–H groups in total. The van der Waals surface area contributed by atoms with Crippen LogP contribution in [0.1, 0.15) is 16.1 Å². The van der Waals surface area contributed by atoms with Crippen molar-refractivity contribution >= 4 is 23.6 Å². The third-order valence-corrected chi connectivity index (χ3v) is 2.50. The maximum Gasteiger partial charge on any atom is 0.328 e. The predicted molar refractivity (Wildman–Crippen MR) is 74.3 cm³/mol. The Bertz CT molecular complexity index is 674. The first-order valence-electron chi connectivity index (χ1n) is 5.85. The Hall–Kier alpha value is -2.89. The first kappa shape index (κ1) is 13.5. The van der Waals surface area contributed by atoms with E-state index in [9.17, 15) is 9.59 Å². The number of carbonyl (C=O) groups is 2. The fourth-order valence-corrected chi connectivity index (χ4v) is 1.61. The monoisotopic (exact) mass is 271 g/mol. The molecule has 0 spiro atoms. The minimum absolute atomic E-state index is 0.315. The van der Waals surface area contributed by atoms with Crippen molar-refractivity contribution in [2.45, 2.75) is 0 Å². The molecular formula is C14H13N3O3. The van der Waals surface area contributed by atoms with Crippen LogP contribution in [0.2, 0.25) is 0 Å². The summed E-state index contributed by atoms with van der Waals surface area (Å²) in [6.45, 7) is 0. The lowest BCUT2D eigenvalue weighted by molar-refractivity contribution is -0.131. The number of aromatic nitrogens is 2. The summed E-state index contributed by atoms with van der Waals surface area (Å²) >= 11 is 0. The largest absolute Gasteiger partial charge is 0.478 e. The summed E-state index contributed by atoms with van der Waals surface area (Å²) in [5.41, 5.74) is 1.58. The van der Waals surface area contributed by atoms with Gasteiger partial charge >= 0.3 is 5.97 Å². The molecule has 0 unspecified atom stereocenters. The molecule has 20 heavy (non-hydrogen) atoms. The van der Waals surface area contributed by atoms with Crippen LogP contribution >= 0.6 is 0 Å². The lowest BCUT2D eigenvalue weighted by Gasteiger charge is -2.04. The van der Waals surface area contributed by atoms with Gasteiger partial charge in [-0.15, -0.1) is 0 Å². The molecule has 0 fully saturated rings. The second-order valence-electron chi connectivity index (χ2n) is 4.18. The van der Waals surface area contributed by atoms with Gasteiger partial charge in [0.25, 0.3) is 5.91 Å². The van der Waals surface area contributed by atoms with Gasteiger partial charge in [0.2, 0.25) is 0 Å². The molecule has 2 rings (SSSR count). The predicted octanol–water partition coefficient (Wildman–Crippen LogP) is 1.77. The highest BCUT2D eigenvalue weighted by Crippen LogP contribution is 2.13. The third kappa shape index (κ3) is 3.55. The Kier molecular flexibility index (Phi) is 3.95. The maximum absolute atomic E-state index is 11.9. The number of carbonyl (C=O) groups excluding carboxylic acids is 1. The summed E-state index contributed by atoms with van der Waals surface area (Å²) in [6, 6.07) is 6.88. The van der Waals surface area contributed by atoms with E-state index in [0.29, 0.717) is 16.9 Å². The van der Waals surface area contributed by atoms with E-state index < -0.39 is 5.97 Å². The van der Waals surface area contributed by atoms with E-state index in [0.717, 1.165) is 6.08 Å². The number of amides is 1. The lowest BCUT2D eigenvalue weighted by atomic mass is 10.2. The van der Waals surface area contributed by atoms with Crippen LogP contribution < -0.4 is 5.32 Å². The van der Waals surface area contributed by atoms with Crippen LogP contribution in [0.5, 0.6) is 0 Å². The van der Waals surface area contributed by atoms with Gasteiger partial charge < -0.3 is 15.0 Å². The van der Waals surface area contributed by atoms with Gasteiger partial charge in [0.15, 0.2) is 0 Å². The average Bonchev–Trinajstić information content (AvgIpc) is 2.84. The first-order chi connectivity index (χ1) is 9.54. The first-order valence-corrected chi connectivity index (χ1v) is 5.85. The zero-order valence-electron chi connectivity index (χ0n) is 10.8. The quantitative estimate of drug-likeness (QED) is 0.830. The Balaban J connectivity index is 2.11. The zero-order chi connectivity index (χ0) is 14.5. The summed E-state index contributed by atoms with van der Waals surface area (Å²) in [4.78, 5) is 26.3. The van der Waals surface area contributed by atoms with Crippen molar-refractivity contribution in [1.82, 2.24) is 9.55 Å². The van der Waals surface area contributed by atoms with Crippen LogP contribution in [0, 0.1) is 0 Å². The van der Waals surface area contributed by atoms with E-state index in [1.165, 1.54) is 6.08 Å². The molecule has 0 aliphatic carbocycles. The maximum atomic E-state index is 11.9. The number of carboxylic acids is 1. The molecule has 0 bridgehead atoms. The van der Waals surface area contributed by atoms with Gasteiger partial charge in [-0.2, -0.15) is 0 Å². The highest BCUT2D eigenvalue weighted by atomic mass is 16.4. The number of aliphatic carboxylic acids is 1. The number of nitrogens with one attached hydrogen (secondary N) is 1. The summed E-state index contributed by atoms with van der Waals surface area (Å²) in [5.74, 6) is -1.34. The number of anilines is 1. The zero-order valence-corrected chi connectivity index (χ0v) is 10.8. The molecule has 1 amide bonds. The second-order valence-corrected chi connectivity index (χ2v) is 4.18. The fourth-order valence-electron chi connectivity index (χ4n) is 1.61. The molecule has 102 valence electrons. The van der Waals surface area contributed by atoms with Crippen molar-refractivity contribution in [3.05, 3.63) is 54.1 Å². The fraction of sp³-hybridized carbons (Fsp3) is 0.0714. The number of aryl methyl sites for hydroxylation is 1. The van der Waals surface area contributed by atoms with E-state index in [2.05, 4.69) is 10.3 Å². The molecule has 1 aromatic carbocycles. The Labute approximate surface area is 115 Å². The number of imidazole rings is 1. The van der Waals surface area contributed by atoms with Crippen LogP contribution in [0.3, 0.4) is 0 Å². The standard InChI is InChI=1S/C14H13N3O3/c1-17-8-12(15-9-17)14(20)16-11-4-2-3-10(7-11)5-6-13(18)19/h2-9H,1H3,(H,16,20)(H,18,19)/b6-5+. The van der Waals surface area contributed by atoms with Crippen LogP contribution in [-0.4, -0.2) is 26.5 Å². The Morgan fingerprint density at radius 2 is 2.20 bits per heavy atom. The summed E-state index contributed by atoms with van der Waals surface area (Å²) in [5, 5.41) is 11.3. The molecule has 1 aromatic heterocycles. The number of benzene rings is 1. The van der Waals surface area contributed by atoms with Crippen molar-refractivity contribution in [3.63, 3.8) is 0 Å². The highest BCUT2D eigenvalue weighted by Gasteiger charge is 2.08. The lowest BCUT2D eigenvalue weighted by Crippen LogP contribution is -2.12. The van der Waals surface area contributed by atoms with Crippen molar-refractivity contribution in [3.8, 4) is 0 Å². The van der Waals surface area contributed by atoms with Crippen molar-refractivity contribution in [2.75, 3.05) is 5.32 Å². The van der Waals surface area contributed by atoms with Gasteiger partial charge in [0.1, 0.15) is 5.69 Å². The van der Waals surface area contributed by atoms with Gasteiger partial charge in [-0.1, -0.05) is 12.1 Å². The SMILES string of the molecule is Cn1cnc(C(=O)Nc2cccc(/C=C/C(=O)O)c2)c1. The molecule has 2 aromatic rings. The Morgan fingerprint density at radius 3 is 2.85 bits per heavy atom. The number of hydrogen-bond acceptors (Lipinski definition) is 3. The topological polar surface area (TPSA) is 84.2 Å². The van der Waals surface area contributed by atoms with Crippen molar-refractivity contribution in [2.24, 2.45) is 7.05 Å². The van der Waals surface area contributed by atoms with Gasteiger partial charge in [-0.3, -0.25) is 4.79 Å². The van der Waals surface area contributed by atoms with E-state index in [1.54, 1.807) is 48.4 Å². The minimum Gasteiger partial charge on any atom is -0.478 e. The number of carboxylic acid groups (broad SMARTS) is 1. The molecule has 0 saturated heterocycles. The smallest absolute Gasteiger partial charge is 0.328 e. The van der Waals surface area contributed by atoms with E-state index >= 15 is 0 Å². The highest BCUT2D eigenvalue weighted by molar-refractivity contribution is 6.02. The normalized spacial score (nSPS) is 10.7. The average molecular weight is 271 g/mol. The molecule has 6 nitrogen and oxygen atoms in total. The van der Waals surface area contributed by atoms with Gasteiger partial charge in [0, 0.05) is 25.0 Å². The minimum atomic E-state index is -1.02. The number of rotatable bonds is 4. The Morgan fingerprint density at radius 1 is 1.40 bits per heavy atom. The van der Waals surface area contributed by atoms with E-state index in [-0.39, 0.29) is 5.91 Å². The van der Waals surface area contributed by atoms with E-state index in [4.69, 9.17) is 5.11 Å². The molecule has 0 atom stereocenters. The second kappa shape index (κ2) is 5.83. The molecule has 1 heterocycles. The van der Waals surface area contributed by atoms with Crippen molar-refractivity contribution < 1.29 is 14.7 Å². The molecule has 0 saturated carbocycles. The number of nitrogens with zero attached hydrogens (tertiary/aromatic N) is 2. The molecule has 6 heteroatoms. The van der Waals surface area contributed by atoms with Gasteiger partial charge in [-0.25, -0.2) is 9.78 Å². The van der Waals surface area contributed by atoms with E-state index in [1.807, 2.05) is 0 Å². The third-order valence-electron chi connectivity index (χ3n) is 2.50. The summed E-state index contributed by atoms with van der Waals surface area (Å²) < 4.78 is 1.68. The van der Waals surface area contributed by atoms with Crippen LogP contribution in [-0.2, 0) is 11.8 Å². The van der Waals surface area contributed by atoms with Gasteiger partial charge in [-0.05, 0) is 23.8 Å². The van der Waals surface area contributed by atoms with Crippen LogP contribution in [0.4, 0.5) is 5.69 Å². The van der Waals surface area contributed by atoms with Crippen LogP contribution in [0.25, 0.3) is 6.08 Å². The molecular weight excluding hydrogens is 258 g/mol. The molecule has 0 aliphatic rings. The van der Waals surface area contributed by atoms with Crippen molar-refractivity contribution in [1.29, 1.82) is 0 Å².